The van der Waals surface area contributed by atoms with E-state index < -0.39 is 30.0 Å². The summed E-state index contributed by atoms with van der Waals surface area (Å²) >= 11 is 1.17. The normalized spacial score (nSPS) is 14.9. The van der Waals surface area contributed by atoms with Gasteiger partial charge in [-0.3, -0.25) is 14.4 Å². The minimum absolute atomic E-state index is 0.0609. The number of amides is 2. The van der Waals surface area contributed by atoms with Gasteiger partial charge in [0.15, 0.2) is 0 Å². The Morgan fingerprint density at radius 1 is 1.02 bits per heavy atom. The summed E-state index contributed by atoms with van der Waals surface area (Å²) in [5.41, 5.74) is 11.4. The Morgan fingerprint density at radius 3 is 2.21 bits per heavy atom. The number of hydrogen-bond donors (Lipinski definition) is 2. The number of rotatable bonds is 18. The number of aliphatic hydroxyl groups is 1. The van der Waals surface area contributed by atoms with Crippen LogP contribution in [-0.4, -0.2) is 58.0 Å². The van der Waals surface area contributed by atoms with E-state index in [0.717, 1.165) is 11.1 Å². The highest BCUT2D eigenvalue weighted by molar-refractivity contribution is 7.09. The molecule has 0 bridgehead atoms. The van der Waals surface area contributed by atoms with Crippen molar-refractivity contribution in [2.24, 2.45) is 22.9 Å². The Labute approximate surface area is 287 Å². The van der Waals surface area contributed by atoms with Gasteiger partial charge in [0.25, 0.3) is 5.91 Å². The first kappa shape index (κ1) is 38.2. The molecule has 0 spiro atoms. The number of aliphatic hydroxyl groups excluding tert-OH is 1. The van der Waals surface area contributed by atoms with Crippen molar-refractivity contribution in [3.63, 3.8) is 0 Å². The number of thiazole rings is 1. The van der Waals surface area contributed by atoms with Crippen molar-refractivity contribution in [1.82, 2.24) is 15.2 Å². The number of nitrogens with one attached hydrogen (secondary N) is 1. The molecule has 48 heavy (non-hydrogen) atoms. The summed E-state index contributed by atoms with van der Waals surface area (Å²) < 4.78 is 4.90. The van der Waals surface area contributed by atoms with Crippen LogP contribution in [-0.2, 0) is 27.3 Å². The maximum absolute atomic E-state index is 14.1. The molecule has 2 N–H and O–H groups in total. The summed E-state index contributed by atoms with van der Waals surface area (Å²) in [5.74, 6) is -1.71. The second-order valence-corrected chi connectivity index (χ2v) is 13.5. The van der Waals surface area contributed by atoms with E-state index >= 15 is 0 Å². The van der Waals surface area contributed by atoms with Crippen molar-refractivity contribution >= 4 is 29.1 Å². The van der Waals surface area contributed by atoms with Crippen LogP contribution in [0.5, 0.6) is 0 Å². The van der Waals surface area contributed by atoms with Gasteiger partial charge >= 0.3 is 5.97 Å². The van der Waals surface area contributed by atoms with Crippen molar-refractivity contribution in [3.8, 4) is 0 Å². The first-order chi connectivity index (χ1) is 23.0. The summed E-state index contributed by atoms with van der Waals surface area (Å²) in [4.78, 5) is 48.8. The Bertz CT molecular complexity index is 1510. The van der Waals surface area contributed by atoms with Crippen LogP contribution in [0.4, 0.5) is 0 Å². The number of methoxy groups -OCH3 is 1. The standard InChI is InChI=1S/C36H48N6O5S/c1-7-24(4)32(40-41-37)35(45)42(21-27-16-12-9-13-17-27)30(23(2)3)20-31(43)34-39-29(22-48-34)33(44)38-28(18-25(5)36(46)47-6)19-26-14-10-8-11-15-26/h8-17,22-25,28,30-32,43H,7,18-21H2,1-6H3,(H,38,44)/t24-,25+,28-,30-,31-,32+/m1/s1. The molecule has 0 aliphatic rings. The molecule has 2 amide bonds. The van der Waals surface area contributed by atoms with E-state index in [0.29, 0.717) is 24.3 Å². The molecule has 11 nitrogen and oxygen atoms in total. The van der Waals surface area contributed by atoms with Crippen LogP contribution in [0.2, 0.25) is 0 Å². The number of hydrogen-bond acceptors (Lipinski definition) is 8. The Morgan fingerprint density at radius 2 is 1.65 bits per heavy atom. The zero-order chi connectivity index (χ0) is 35.2. The first-order valence-corrected chi connectivity index (χ1v) is 17.3. The van der Waals surface area contributed by atoms with Gasteiger partial charge in [-0.05, 0) is 41.3 Å². The quantitative estimate of drug-likeness (QED) is 0.0647. The molecule has 3 rings (SSSR count). The van der Waals surface area contributed by atoms with E-state index in [1.807, 2.05) is 88.4 Å². The molecule has 0 saturated carbocycles. The molecular weight excluding hydrogens is 629 g/mol. The van der Waals surface area contributed by atoms with Crippen LogP contribution in [0.3, 0.4) is 0 Å². The lowest BCUT2D eigenvalue weighted by Crippen LogP contribution is -2.48. The minimum atomic E-state index is -1.06. The third kappa shape index (κ3) is 10.9. The predicted molar refractivity (Wildman–Crippen MR) is 187 cm³/mol. The fraction of sp³-hybridized carbons (Fsp3) is 0.500. The van der Waals surface area contributed by atoms with Crippen LogP contribution < -0.4 is 5.32 Å². The second-order valence-electron chi connectivity index (χ2n) is 12.6. The van der Waals surface area contributed by atoms with Crippen molar-refractivity contribution in [1.29, 1.82) is 0 Å². The van der Waals surface area contributed by atoms with Crippen LogP contribution >= 0.6 is 11.3 Å². The highest BCUT2D eigenvalue weighted by Crippen LogP contribution is 2.30. The van der Waals surface area contributed by atoms with Gasteiger partial charge in [0.05, 0.1) is 13.0 Å². The zero-order valence-corrected chi connectivity index (χ0v) is 29.5. The molecular formula is C36H48N6O5S. The lowest BCUT2D eigenvalue weighted by molar-refractivity contribution is -0.145. The third-order valence-electron chi connectivity index (χ3n) is 8.67. The fourth-order valence-corrected chi connectivity index (χ4v) is 6.50. The SMILES string of the molecule is CC[C@@H](C)[C@H](N=[N+]=[N-])C(=O)N(Cc1ccccc1)[C@H](C[C@@H](O)c1nc(C(=O)N[C@@H](Cc2ccccc2)C[C@H](C)C(=O)OC)cs1)C(C)C. The molecule has 258 valence electrons. The third-order valence-corrected chi connectivity index (χ3v) is 9.61. The van der Waals surface area contributed by atoms with E-state index in [-0.39, 0.29) is 48.4 Å². The molecule has 0 radical (unpaired) electrons. The number of carbonyl (C=O) groups excluding carboxylic acids is 3. The Balaban J connectivity index is 1.83. The number of esters is 1. The number of nitrogens with zero attached hydrogens (tertiary/aromatic N) is 5. The van der Waals surface area contributed by atoms with E-state index in [9.17, 15) is 25.0 Å². The molecule has 0 fully saturated rings. The van der Waals surface area contributed by atoms with Crippen molar-refractivity contribution in [2.45, 2.75) is 91.1 Å². The van der Waals surface area contributed by atoms with E-state index in [1.165, 1.54) is 18.4 Å². The highest BCUT2D eigenvalue weighted by atomic mass is 32.1. The number of aromatic nitrogens is 1. The fourth-order valence-electron chi connectivity index (χ4n) is 5.70. The summed E-state index contributed by atoms with van der Waals surface area (Å²) in [6.45, 7) is 9.85. The maximum atomic E-state index is 14.1. The first-order valence-electron chi connectivity index (χ1n) is 16.4. The Hall–Kier alpha value is -4.25. The number of ether oxygens (including phenoxy) is 1. The lowest BCUT2D eigenvalue weighted by atomic mass is 9.92. The van der Waals surface area contributed by atoms with Crippen molar-refractivity contribution < 1.29 is 24.2 Å². The van der Waals surface area contributed by atoms with Crippen LogP contribution in [0, 0.1) is 17.8 Å². The van der Waals surface area contributed by atoms with Gasteiger partial charge in [0.1, 0.15) is 22.8 Å². The average Bonchev–Trinajstić information content (AvgIpc) is 3.59. The van der Waals surface area contributed by atoms with Crippen LogP contribution in [0.15, 0.2) is 71.2 Å². The monoisotopic (exact) mass is 676 g/mol. The lowest BCUT2D eigenvalue weighted by Gasteiger charge is -2.38. The summed E-state index contributed by atoms with van der Waals surface area (Å²) in [5, 5.41) is 20.3. The van der Waals surface area contributed by atoms with E-state index in [2.05, 4.69) is 20.3 Å². The molecule has 0 aliphatic carbocycles. The molecule has 0 unspecified atom stereocenters. The number of benzene rings is 2. The molecule has 1 aromatic heterocycles. The maximum Gasteiger partial charge on any atom is 0.308 e. The Kier molecular flexibility index (Phi) is 15.1. The van der Waals surface area contributed by atoms with E-state index in [4.69, 9.17) is 4.74 Å². The second kappa shape index (κ2) is 18.9. The van der Waals surface area contributed by atoms with Crippen LogP contribution in [0.25, 0.3) is 10.4 Å². The van der Waals surface area contributed by atoms with Gasteiger partial charge in [0, 0.05) is 35.3 Å². The molecule has 1 heterocycles. The predicted octanol–water partition coefficient (Wildman–Crippen LogP) is 6.89. The van der Waals surface area contributed by atoms with Gasteiger partial charge in [-0.15, -0.1) is 11.3 Å². The average molecular weight is 677 g/mol. The zero-order valence-electron chi connectivity index (χ0n) is 28.7. The van der Waals surface area contributed by atoms with Crippen LogP contribution in [0.1, 0.15) is 86.6 Å². The largest absolute Gasteiger partial charge is 0.469 e. The smallest absolute Gasteiger partial charge is 0.308 e. The van der Waals surface area contributed by atoms with Gasteiger partial charge in [-0.2, -0.15) is 0 Å². The summed E-state index contributed by atoms with van der Waals surface area (Å²) in [6, 6.07) is 17.6. The number of azide groups is 1. The topological polar surface area (TPSA) is 158 Å². The summed E-state index contributed by atoms with van der Waals surface area (Å²) in [6.07, 6.45) is 0.656. The molecule has 6 atom stereocenters. The van der Waals surface area contributed by atoms with Gasteiger partial charge in [-0.1, -0.05) is 107 Å². The van der Waals surface area contributed by atoms with Gasteiger partial charge < -0.3 is 20.1 Å². The van der Waals surface area contributed by atoms with Crippen molar-refractivity contribution in [3.05, 3.63) is 98.3 Å². The summed E-state index contributed by atoms with van der Waals surface area (Å²) in [7, 11) is 1.34. The molecule has 12 heteroatoms. The van der Waals surface area contributed by atoms with Crippen molar-refractivity contribution in [2.75, 3.05) is 7.11 Å². The molecule has 2 aromatic carbocycles. The molecule has 0 aliphatic heterocycles. The van der Waals surface area contributed by atoms with Gasteiger partial charge in [-0.25, -0.2) is 4.98 Å². The highest BCUT2D eigenvalue weighted by Gasteiger charge is 2.35. The van der Waals surface area contributed by atoms with Gasteiger partial charge in [0.2, 0.25) is 5.91 Å². The molecule has 3 aromatic rings. The van der Waals surface area contributed by atoms with E-state index in [1.54, 1.807) is 17.2 Å². The minimum Gasteiger partial charge on any atom is -0.469 e. The number of carbonyl (C=O) groups is 3. The molecule has 0 saturated heterocycles.